The van der Waals surface area contributed by atoms with Gasteiger partial charge in [0.05, 0.1) is 5.52 Å². The molecule has 30 heavy (non-hydrogen) atoms. The minimum Gasteiger partial charge on any atom is -0.408 e. The topological polar surface area (TPSA) is 64.7 Å². The lowest BCUT2D eigenvalue weighted by atomic mass is 10.1. The standard InChI is InChI=1S/C21H21F3N2O4/c1-3-4-11-25(2)19(27)13-26-17-12-15(7-10-18(17)29-20(26)28)14-5-8-16(9-6-14)30-21(22,23)24/h5-10,12H,3-4,11,13H2,1-2H3. The second-order valence-corrected chi connectivity index (χ2v) is 6.88. The maximum absolute atomic E-state index is 12.4. The van der Waals surface area contributed by atoms with Gasteiger partial charge in [0.15, 0.2) is 5.58 Å². The molecule has 0 N–H and O–H groups in total. The lowest BCUT2D eigenvalue weighted by Crippen LogP contribution is -2.33. The molecule has 1 aromatic heterocycles. The Balaban J connectivity index is 1.88. The number of hydrogen-bond donors (Lipinski definition) is 0. The zero-order valence-electron chi connectivity index (χ0n) is 16.5. The maximum Gasteiger partial charge on any atom is 0.573 e. The molecule has 3 aromatic rings. The Labute approximate surface area is 170 Å². The molecule has 0 saturated carbocycles. The van der Waals surface area contributed by atoms with Crippen molar-refractivity contribution in [2.24, 2.45) is 0 Å². The van der Waals surface area contributed by atoms with Gasteiger partial charge in [-0.25, -0.2) is 4.79 Å². The number of rotatable bonds is 7. The molecular formula is C21H21F3N2O4. The first-order valence-corrected chi connectivity index (χ1v) is 9.41. The van der Waals surface area contributed by atoms with E-state index < -0.39 is 12.1 Å². The fraction of sp³-hybridized carbons (Fsp3) is 0.333. The summed E-state index contributed by atoms with van der Waals surface area (Å²) in [6.45, 7) is 2.46. The Kier molecular flexibility index (Phi) is 6.19. The highest BCUT2D eigenvalue weighted by atomic mass is 19.4. The Morgan fingerprint density at radius 3 is 2.43 bits per heavy atom. The SMILES string of the molecule is CCCCN(C)C(=O)Cn1c(=O)oc2ccc(-c3ccc(OC(F)(F)F)cc3)cc21. The Morgan fingerprint density at radius 1 is 1.13 bits per heavy atom. The summed E-state index contributed by atoms with van der Waals surface area (Å²) in [5.74, 6) is -1.19. The fourth-order valence-corrected chi connectivity index (χ4v) is 3.02. The highest BCUT2D eigenvalue weighted by Crippen LogP contribution is 2.28. The molecule has 0 aliphatic rings. The van der Waals surface area contributed by atoms with Crippen LogP contribution >= 0.6 is 0 Å². The first kappa shape index (κ1) is 21.5. The quantitative estimate of drug-likeness (QED) is 0.566. The largest absolute Gasteiger partial charge is 0.573 e. The van der Waals surface area contributed by atoms with Crippen molar-refractivity contribution in [1.29, 1.82) is 0 Å². The Bertz CT molecular complexity index is 1080. The number of carbonyl (C=O) groups is 1. The van der Waals surface area contributed by atoms with Crippen molar-refractivity contribution in [3.63, 3.8) is 0 Å². The highest BCUT2D eigenvalue weighted by molar-refractivity contribution is 5.83. The third-order valence-electron chi connectivity index (χ3n) is 4.65. The van der Waals surface area contributed by atoms with Crippen LogP contribution in [0.2, 0.25) is 0 Å². The van der Waals surface area contributed by atoms with Crippen molar-refractivity contribution in [1.82, 2.24) is 9.47 Å². The molecular weight excluding hydrogens is 401 g/mol. The summed E-state index contributed by atoms with van der Waals surface area (Å²) in [5, 5.41) is 0. The van der Waals surface area contributed by atoms with Gasteiger partial charge >= 0.3 is 12.1 Å². The van der Waals surface area contributed by atoms with E-state index in [9.17, 15) is 22.8 Å². The number of ether oxygens (including phenoxy) is 1. The van der Waals surface area contributed by atoms with E-state index in [4.69, 9.17) is 4.42 Å². The number of carbonyl (C=O) groups excluding carboxylic acids is 1. The number of nitrogens with zero attached hydrogens (tertiary/aromatic N) is 2. The normalized spacial score (nSPS) is 11.6. The molecule has 2 aromatic carbocycles. The average molecular weight is 422 g/mol. The molecule has 3 rings (SSSR count). The molecule has 1 amide bonds. The van der Waals surface area contributed by atoms with Crippen LogP contribution in [-0.2, 0) is 11.3 Å². The van der Waals surface area contributed by atoms with Crippen LogP contribution in [0.4, 0.5) is 13.2 Å². The molecule has 0 atom stereocenters. The number of oxazole rings is 1. The van der Waals surface area contributed by atoms with Gasteiger partial charge in [0.1, 0.15) is 12.3 Å². The van der Waals surface area contributed by atoms with Crippen molar-refractivity contribution < 1.29 is 27.1 Å². The number of unbranched alkanes of at least 4 members (excludes halogenated alkanes) is 1. The summed E-state index contributed by atoms with van der Waals surface area (Å²) in [6, 6.07) is 10.3. The highest BCUT2D eigenvalue weighted by Gasteiger charge is 2.31. The van der Waals surface area contributed by atoms with E-state index in [1.54, 1.807) is 30.1 Å². The number of fused-ring (bicyclic) bond motifs is 1. The predicted octanol–water partition coefficient (Wildman–Crippen LogP) is 4.42. The van der Waals surface area contributed by atoms with Crippen molar-refractivity contribution in [2.75, 3.05) is 13.6 Å². The molecule has 0 aliphatic carbocycles. The maximum atomic E-state index is 12.4. The van der Waals surface area contributed by atoms with Gasteiger partial charge in [-0.1, -0.05) is 31.5 Å². The van der Waals surface area contributed by atoms with Gasteiger partial charge in [0.2, 0.25) is 5.91 Å². The minimum atomic E-state index is -4.76. The zero-order valence-corrected chi connectivity index (χ0v) is 16.5. The minimum absolute atomic E-state index is 0.159. The first-order chi connectivity index (χ1) is 14.2. The average Bonchev–Trinajstić information content (AvgIpc) is 3.00. The van der Waals surface area contributed by atoms with Crippen LogP contribution in [0.15, 0.2) is 51.7 Å². The predicted molar refractivity (Wildman–Crippen MR) is 105 cm³/mol. The smallest absolute Gasteiger partial charge is 0.408 e. The van der Waals surface area contributed by atoms with E-state index >= 15 is 0 Å². The van der Waals surface area contributed by atoms with E-state index in [-0.39, 0.29) is 18.2 Å². The van der Waals surface area contributed by atoms with E-state index in [0.717, 1.165) is 12.8 Å². The van der Waals surface area contributed by atoms with Gasteiger partial charge < -0.3 is 14.1 Å². The zero-order chi connectivity index (χ0) is 21.9. The van der Waals surface area contributed by atoms with Crippen LogP contribution in [0, 0.1) is 0 Å². The van der Waals surface area contributed by atoms with Gasteiger partial charge in [0, 0.05) is 13.6 Å². The van der Waals surface area contributed by atoms with Crippen LogP contribution in [0.1, 0.15) is 19.8 Å². The van der Waals surface area contributed by atoms with Crippen LogP contribution in [0.3, 0.4) is 0 Å². The fourth-order valence-electron chi connectivity index (χ4n) is 3.02. The number of hydrogen-bond acceptors (Lipinski definition) is 4. The molecule has 160 valence electrons. The van der Waals surface area contributed by atoms with Crippen molar-refractivity contribution in [2.45, 2.75) is 32.7 Å². The molecule has 0 radical (unpaired) electrons. The molecule has 0 fully saturated rings. The summed E-state index contributed by atoms with van der Waals surface area (Å²) in [5.41, 5.74) is 2.04. The third-order valence-corrected chi connectivity index (χ3v) is 4.65. The van der Waals surface area contributed by atoms with Crippen molar-refractivity contribution >= 4 is 17.0 Å². The van der Waals surface area contributed by atoms with Gasteiger partial charge in [-0.15, -0.1) is 13.2 Å². The van der Waals surface area contributed by atoms with Crippen LogP contribution in [-0.4, -0.2) is 35.3 Å². The van der Waals surface area contributed by atoms with Gasteiger partial charge in [0.25, 0.3) is 0 Å². The summed E-state index contributed by atoms with van der Waals surface area (Å²) >= 11 is 0. The molecule has 0 bridgehead atoms. The lowest BCUT2D eigenvalue weighted by Gasteiger charge is -2.16. The Hall–Kier alpha value is -3.23. The second kappa shape index (κ2) is 8.64. The van der Waals surface area contributed by atoms with Crippen molar-refractivity contribution in [3.8, 4) is 16.9 Å². The Morgan fingerprint density at radius 2 is 1.80 bits per heavy atom. The van der Waals surface area contributed by atoms with E-state index in [0.29, 0.717) is 28.8 Å². The lowest BCUT2D eigenvalue weighted by molar-refractivity contribution is -0.274. The van der Waals surface area contributed by atoms with Crippen LogP contribution in [0.25, 0.3) is 22.2 Å². The van der Waals surface area contributed by atoms with Gasteiger partial charge in [-0.3, -0.25) is 9.36 Å². The number of benzene rings is 2. The summed E-state index contributed by atoms with van der Waals surface area (Å²) < 4.78 is 47.3. The van der Waals surface area contributed by atoms with E-state index in [1.807, 2.05) is 6.92 Å². The molecule has 0 saturated heterocycles. The molecule has 9 heteroatoms. The van der Waals surface area contributed by atoms with Crippen molar-refractivity contribution in [3.05, 3.63) is 53.0 Å². The van der Waals surface area contributed by atoms with E-state index in [1.165, 1.54) is 28.8 Å². The molecule has 0 spiro atoms. The number of halogens is 3. The monoisotopic (exact) mass is 422 g/mol. The summed E-state index contributed by atoms with van der Waals surface area (Å²) in [4.78, 5) is 26.2. The van der Waals surface area contributed by atoms with Gasteiger partial charge in [-0.05, 0) is 41.8 Å². The number of likely N-dealkylation sites (N-methyl/N-ethyl adjacent to an activating group) is 1. The van der Waals surface area contributed by atoms with Crippen LogP contribution in [0.5, 0.6) is 5.75 Å². The molecule has 1 heterocycles. The molecule has 6 nitrogen and oxygen atoms in total. The van der Waals surface area contributed by atoms with Gasteiger partial charge in [-0.2, -0.15) is 0 Å². The van der Waals surface area contributed by atoms with Crippen LogP contribution < -0.4 is 10.5 Å². The molecule has 0 unspecified atom stereocenters. The molecule has 0 aliphatic heterocycles. The number of amides is 1. The number of alkyl halides is 3. The summed E-state index contributed by atoms with van der Waals surface area (Å²) in [6.07, 6.45) is -2.95. The first-order valence-electron chi connectivity index (χ1n) is 9.41. The summed E-state index contributed by atoms with van der Waals surface area (Å²) in [7, 11) is 1.68. The third kappa shape index (κ3) is 5.03. The second-order valence-electron chi connectivity index (χ2n) is 6.88. The number of aromatic nitrogens is 1. The van der Waals surface area contributed by atoms with E-state index in [2.05, 4.69) is 4.74 Å².